The molecule has 0 bridgehead atoms. The lowest BCUT2D eigenvalue weighted by Crippen LogP contribution is -2.32. The van der Waals surface area contributed by atoms with Crippen molar-refractivity contribution in [3.05, 3.63) is 46.4 Å². The maximum atomic E-state index is 4.15. The normalized spacial score (nSPS) is 12.5. The second-order valence-electron chi connectivity index (χ2n) is 4.55. The maximum Gasteiger partial charge on any atom is 0.0794 e. The summed E-state index contributed by atoms with van der Waals surface area (Å²) >= 11 is 3.67. The quantitative estimate of drug-likeness (QED) is 0.786. The van der Waals surface area contributed by atoms with E-state index < -0.39 is 0 Å². The molecule has 1 unspecified atom stereocenters. The minimum Gasteiger partial charge on any atom is -0.313 e. The summed E-state index contributed by atoms with van der Waals surface area (Å²) in [6.45, 7) is 5.32. The van der Waals surface area contributed by atoms with Crippen molar-refractivity contribution in [3.8, 4) is 0 Å². The molecule has 0 fully saturated rings. The van der Waals surface area contributed by atoms with Crippen LogP contribution in [0.3, 0.4) is 0 Å². The van der Waals surface area contributed by atoms with Crippen molar-refractivity contribution in [1.29, 1.82) is 0 Å². The van der Waals surface area contributed by atoms with Gasteiger partial charge < -0.3 is 5.32 Å². The van der Waals surface area contributed by atoms with Gasteiger partial charge in [-0.2, -0.15) is 0 Å². The molecule has 1 aromatic carbocycles. The Morgan fingerprint density at radius 2 is 2.32 bits per heavy atom. The molecule has 1 N–H and O–H groups in total. The van der Waals surface area contributed by atoms with Crippen LogP contribution < -0.4 is 5.32 Å². The summed E-state index contributed by atoms with van der Waals surface area (Å²) in [6.07, 6.45) is 3.05. The van der Waals surface area contributed by atoms with Gasteiger partial charge in [0.15, 0.2) is 0 Å². The summed E-state index contributed by atoms with van der Waals surface area (Å²) in [5, 5.41) is 3.56. The number of hydrogen-bond acceptors (Lipinski definition) is 4. The second-order valence-corrected chi connectivity index (χ2v) is 6.62. The third-order valence-electron chi connectivity index (χ3n) is 2.86. The third kappa shape index (κ3) is 4.97. The number of aromatic nitrogens is 1. The third-order valence-corrected chi connectivity index (χ3v) is 4.82. The van der Waals surface area contributed by atoms with E-state index in [4.69, 9.17) is 0 Å². The Kier molecular flexibility index (Phi) is 5.89. The lowest BCUT2D eigenvalue weighted by Gasteiger charge is -2.16. The van der Waals surface area contributed by atoms with Gasteiger partial charge in [-0.1, -0.05) is 24.6 Å². The van der Waals surface area contributed by atoms with E-state index in [-0.39, 0.29) is 0 Å². The first-order valence-electron chi connectivity index (χ1n) is 6.58. The lowest BCUT2D eigenvalue weighted by atomic mass is 10.2. The standard InChI is InChI=1S/C15H20N2S2/c1-3-17-13(8-15-9-16-11-19-15)10-18-14-6-4-5-12(2)7-14/h4-7,9,11,13,17H,3,8,10H2,1-2H3. The van der Waals surface area contributed by atoms with E-state index in [0.29, 0.717) is 6.04 Å². The van der Waals surface area contributed by atoms with Gasteiger partial charge in [0.25, 0.3) is 0 Å². The second kappa shape index (κ2) is 7.68. The van der Waals surface area contributed by atoms with Crippen molar-refractivity contribution < 1.29 is 0 Å². The minimum absolute atomic E-state index is 0.510. The smallest absolute Gasteiger partial charge is 0.0794 e. The van der Waals surface area contributed by atoms with Gasteiger partial charge in [0.1, 0.15) is 0 Å². The SMILES string of the molecule is CCNC(CSc1cccc(C)c1)Cc1cncs1. The number of benzene rings is 1. The molecule has 19 heavy (non-hydrogen) atoms. The van der Waals surface area contributed by atoms with E-state index in [1.807, 2.05) is 23.5 Å². The van der Waals surface area contributed by atoms with E-state index in [1.165, 1.54) is 15.3 Å². The molecule has 1 aromatic heterocycles. The molecule has 4 heteroatoms. The number of nitrogens with zero attached hydrogens (tertiary/aromatic N) is 1. The van der Waals surface area contributed by atoms with Crippen molar-refractivity contribution in [1.82, 2.24) is 10.3 Å². The van der Waals surface area contributed by atoms with Crippen molar-refractivity contribution in [3.63, 3.8) is 0 Å². The van der Waals surface area contributed by atoms with Crippen LogP contribution in [0.25, 0.3) is 0 Å². The van der Waals surface area contributed by atoms with Crippen LogP contribution in [-0.4, -0.2) is 23.3 Å². The number of likely N-dealkylation sites (N-methyl/N-ethyl adjacent to an activating group) is 1. The fourth-order valence-electron chi connectivity index (χ4n) is 1.97. The van der Waals surface area contributed by atoms with Crippen molar-refractivity contribution >= 4 is 23.1 Å². The predicted molar refractivity (Wildman–Crippen MR) is 85.2 cm³/mol. The Morgan fingerprint density at radius 1 is 1.42 bits per heavy atom. The average molecular weight is 292 g/mol. The molecule has 2 aromatic rings. The molecule has 0 amide bonds. The lowest BCUT2D eigenvalue weighted by molar-refractivity contribution is 0.576. The molecule has 102 valence electrons. The first-order valence-corrected chi connectivity index (χ1v) is 8.44. The first-order chi connectivity index (χ1) is 9.28. The molecule has 1 heterocycles. The van der Waals surface area contributed by atoms with Gasteiger partial charge in [0.2, 0.25) is 0 Å². The monoisotopic (exact) mass is 292 g/mol. The molecule has 2 rings (SSSR count). The summed E-state index contributed by atoms with van der Waals surface area (Å²) in [5.74, 6) is 1.09. The zero-order valence-corrected chi connectivity index (χ0v) is 13.1. The van der Waals surface area contributed by atoms with E-state index in [2.05, 4.69) is 48.4 Å². The van der Waals surface area contributed by atoms with Gasteiger partial charge in [0.05, 0.1) is 5.51 Å². The number of rotatable bonds is 7. The van der Waals surface area contributed by atoms with Gasteiger partial charge in [-0.05, 0) is 32.0 Å². The predicted octanol–water partition coefficient (Wildman–Crippen LogP) is 3.76. The summed E-state index contributed by atoms with van der Waals surface area (Å²) < 4.78 is 0. The molecular weight excluding hydrogens is 272 g/mol. The van der Waals surface area contributed by atoms with Crippen molar-refractivity contribution in [2.24, 2.45) is 0 Å². The summed E-state index contributed by atoms with van der Waals surface area (Å²) in [4.78, 5) is 6.86. The highest BCUT2D eigenvalue weighted by atomic mass is 32.2. The number of thiazole rings is 1. The van der Waals surface area contributed by atoms with Crippen molar-refractivity contribution in [2.75, 3.05) is 12.3 Å². The molecule has 2 nitrogen and oxygen atoms in total. The maximum absolute atomic E-state index is 4.15. The van der Waals surface area contributed by atoms with Crippen LogP contribution in [0.5, 0.6) is 0 Å². The number of thioether (sulfide) groups is 1. The molecule has 0 saturated heterocycles. The summed E-state index contributed by atoms with van der Waals surface area (Å²) in [6, 6.07) is 9.22. The average Bonchev–Trinajstić information content (AvgIpc) is 2.89. The summed E-state index contributed by atoms with van der Waals surface area (Å²) in [5.41, 5.74) is 3.24. The van der Waals surface area contributed by atoms with Crippen LogP contribution >= 0.6 is 23.1 Å². The Bertz CT molecular complexity index is 483. The highest BCUT2D eigenvalue weighted by Crippen LogP contribution is 2.21. The van der Waals surface area contributed by atoms with Crippen LogP contribution in [0, 0.1) is 6.92 Å². The molecule has 0 spiro atoms. The number of hydrogen-bond donors (Lipinski definition) is 1. The van der Waals surface area contributed by atoms with Crippen LogP contribution in [0.2, 0.25) is 0 Å². The van der Waals surface area contributed by atoms with Gasteiger partial charge in [-0.25, -0.2) is 0 Å². The van der Waals surface area contributed by atoms with Gasteiger partial charge in [0, 0.05) is 27.8 Å². The largest absolute Gasteiger partial charge is 0.313 e. The van der Waals surface area contributed by atoms with E-state index in [9.17, 15) is 0 Å². The molecule has 0 aliphatic carbocycles. The molecular formula is C15H20N2S2. The van der Waals surface area contributed by atoms with Crippen LogP contribution in [0.1, 0.15) is 17.4 Å². The van der Waals surface area contributed by atoms with E-state index >= 15 is 0 Å². The van der Waals surface area contributed by atoms with Gasteiger partial charge >= 0.3 is 0 Å². The fraction of sp³-hybridized carbons (Fsp3) is 0.400. The van der Waals surface area contributed by atoms with Crippen LogP contribution in [0.15, 0.2) is 40.9 Å². The highest BCUT2D eigenvalue weighted by Gasteiger charge is 2.10. The molecule has 1 atom stereocenters. The first kappa shape index (κ1) is 14.6. The number of nitrogens with one attached hydrogen (secondary N) is 1. The Morgan fingerprint density at radius 3 is 3.00 bits per heavy atom. The molecule has 0 aliphatic rings. The Balaban J connectivity index is 1.89. The molecule has 0 radical (unpaired) electrons. The summed E-state index contributed by atoms with van der Waals surface area (Å²) in [7, 11) is 0. The Labute approximate surface area is 123 Å². The number of aryl methyl sites for hydroxylation is 1. The van der Waals surface area contributed by atoms with E-state index in [1.54, 1.807) is 11.3 Å². The van der Waals surface area contributed by atoms with Gasteiger partial charge in [-0.3, -0.25) is 4.98 Å². The molecule has 0 saturated carbocycles. The zero-order valence-electron chi connectivity index (χ0n) is 11.4. The zero-order chi connectivity index (χ0) is 13.5. The van der Waals surface area contributed by atoms with E-state index in [0.717, 1.165) is 18.7 Å². The van der Waals surface area contributed by atoms with Crippen molar-refractivity contribution in [2.45, 2.75) is 31.2 Å². The fourth-order valence-corrected chi connectivity index (χ4v) is 3.72. The van der Waals surface area contributed by atoms with Crippen LogP contribution in [-0.2, 0) is 6.42 Å². The molecule has 0 aliphatic heterocycles. The van der Waals surface area contributed by atoms with Gasteiger partial charge in [-0.15, -0.1) is 23.1 Å². The Hall–Kier alpha value is -0.840. The highest BCUT2D eigenvalue weighted by molar-refractivity contribution is 7.99. The van der Waals surface area contributed by atoms with Crippen LogP contribution in [0.4, 0.5) is 0 Å². The topological polar surface area (TPSA) is 24.9 Å². The minimum atomic E-state index is 0.510.